The molecule has 3 rings (SSSR count). The summed E-state index contributed by atoms with van der Waals surface area (Å²) in [5.41, 5.74) is 6.15. The van der Waals surface area contributed by atoms with E-state index < -0.39 is 17.9 Å². The molecule has 110 valence electrons. The Bertz CT molecular complexity index is 691. The Labute approximate surface area is 124 Å². The van der Waals surface area contributed by atoms with Crippen molar-refractivity contribution < 1.29 is 19.1 Å². The summed E-state index contributed by atoms with van der Waals surface area (Å²) in [6, 6.07) is 3.97. The number of rotatable bonds is 3. The maximum absolute atomic E-state index is 12.5. The molecule has 0 spiro atoms. The minimum Gasteiger partial charge on any atom is -0.479 e. The van der Waals surface area contributed by atoms with Gasteiger partial charge in [0, 0.05) is 11.4 Å². The monoisotopic (exact) mass is 306 g/mol. The summed E-state index contributed by atoms with van der Waals surface area (Å²) in [5.74, 6) is -0.828. The molecule has 1 unspecified atom stereocenters. The predicted octanol–water partition coefficient (Wildman–Crippen LogP) is 1.62. The van der Waals surface area contributed by atoms with Crippen molar-refractivity contribution in [2.75, 3.05) is 6.54 Å². The molecular formula is C14H14N2O4S. The van der Waals surface area contributed by atoms with Crippen LogP contribution in [0.1, 0.15) is 32.8 Å². The highest BCUT2D eigenvalue weighted by atomic mass is 32.1. The second-order valence-corrected chi connectivity index (χ2v) is 5.76. The van der Waals surface area contributed by atoms with Gasteiger partial charge in [-0.2, -0.15) is 0 Å². The van der Waals surface area contributed by atoms with Crippen molar-refractivity contribution in [3.05, 3.63) is 45.5 Å². The van der Waals surface area contributed by atoms with E-state index in [1.165, 1.54) is 22.3 Å². The molecule has 6 nitrogen and oxygen atoms in total. The molecule has 1 atom stereocenters. The van der Waals surface area contributed by atoms with Crippen LogP contribution in [0.5, 0.6) is 0 Å². The molecule has 0 aromatic carbocycles. The zero-order chi connectivity index (χ0) is 15.0. The van der Waals surface area contributed by atoms with Crippen LogP contribution in [0.2, 0.25) is 0 Å². The normalized spacial score (nSPS) is 17.6. The highest BCUT2D eigenvalue weighted by molar-refractivity contribution is 7.10. The Balaban J connectivity index is 1.94. The van der Waals surface area contributed by atoms with Crippen molar-refractivity contribution in [3.8, 4) is 0 Å². The number of carboxylic acids is 1. The predicted molar refractivity (Wildman–Crippen MR) is 76.0 cm³/mol. The van der Waals surface area contributed by atoms with Crippen molar-refractivity contribution in [3.63, 3.8) is 0 Å². The molecule has 2 aromatic rings. The Morgan fingerprint density at radius 2 is 2.24 bits per heavy atom. The SMILES string of the molecule is NCc1ccc(C(=O)N2CCc3sccc3C2C(=O)O)o1. The van der Waals surface area contributed by atoms with Crippen LogP contribution >= 0.6 is 11.3 Å². The lowest BCUT2D eigenvalue weighted by atomic mass is 10.00. The number of hydrogen-bond donors (Lipinski definition) is 2. The van der Waals surface area contributed by atoms with Gasteiger partial charge in [-0.25, -0.2) is 4.79 Å². The largest absolute Gasteiger partial charge is 0.479 e. The van der Waals surface area contributed by atoms with Crippen LogP contribution in [-0.2, 0) is 17.8 Å². The van der Waals surface area contributed by atoms with E-state index in [0.29, 0.717) is 24.3 Å². The number of furan rings is 1. The second kappa shape index (κ2) is 5.34. The third-order valence-corrected chi connectivity index (χ3v) is 4.53. The summed E-state index contributed by atoms with van der Waals surface area (Å²) >= 11 is 1.52. The Morgan fingerprint density at radius 3 is 2.90 bits per heavy atom. The van der Waals surface area contributed by atoms with Crippen LogP contribution in [0.3, 0.4) is 0 Å². The van der Waals surface area contributed by atoms with Crippen LogP contribution in [0, 0.1) is 0 Å². The van der Waals surface area contributed by atoms with Crippen LogP contribution in [0.25, 0.3) is 0 Å². The van der Waals surface area contributed by atoms with E-state index in [-0.39, 0.29) is 12.3 Å². The summed E-state index contributed by atoms with van der Waals surface area (Å²) in [4.78, 5) is 26.5. The van der Waals surface area contributed by atoms with Crippen LogP contribution < -0.4 is 5.73 Å². The number of carbonyl (C=O) groups is 2. The first-order valence-corrected chi connectivity index (χ1v) is 7.38. The van der Waals surface area contributed by atoms with Gasteiger partial charge in [0.1, 0.15) is 5.76 Å². The van der Waals surface area contributed by atoms with Crippen molar-refractivity contribution in [1.29, 1.82) is 0 Å². The minimum absolute atomic E-state index is 0.125. The molecule has 1 aliphatic heterocycles. The lowest BCUT2D eigenvalue weighted by Crippen LogP contribution is -2.42. The van der Waals surface area contributed by atoms with E-state index in [1.54, 1.807) is 12.1 Å². The van der Waals surface area contributed by atoms with E-state index in [0.717, 1.165) is 4.88 Å². The first kappa shape index (κ1) is 13.8. The Hall–Kier alpha value is -2.12. The van der Waals surface area contributed by atoms with Crippen molar-refractivity contribution in [1.82, 2.24) is 4.90 Å². The van der Waals surface area contributed by atoms with Gasteiger partial charge in [-0.15, -0.1) is 11.3 Å². The molecule has 0 fully saturated rings. The quantitative estimate of drug-likeness (QED) is 0.898. The minimum atomic E-state index is -1.03. The zero-order valence-electron chi connectivity index (χ0n) is 11.1. The van der Waals surface area contributed by atoms with E-state index in [1.807, 2.05) is 5.38 Å². The average molecular weight is 306 g/mol. The molecule has 3 heterocycles. The molecule has 0 saturated heterocycles. The molecule has 3 N–H and O–H groups in total. The average Bonchev–Trinajstić information content (AvgIpc) is 3.13. The Kier molecular flexibility index (Phi) is 3.52. The van der Waals surface area contributed by atoms with Gasteiger partial charge in [-0.05, 0) is 35.6 Å². The van der Waals surface area contributed by atoms with Crippen LogP contribution in [-0.4, -0.2) is 28.4 Å². The highest BCUT2D eigenvalue weighted by Gasteiger charge is 2.37. The molecule has 1 amide bonds. The summed E-state index contributed by atoms with van der Waals surface area (Å²) in [6.45, 7) is 0.562. The summed E-state index contributed by atoms with van der Waals surface area (Å²) < 4.78 is 5.34. The fourth-order valence-electron chi connectivity index (χ4n) is 2.55. The molecule has 0 aliphatic carbocycles. The number of carbonyl (C=O) groups excluding carboxylic acids is 1. The van der Waals surface area contributed by atoms with Gasteiger partial charge >= 0.3 is 5.97 Å². The standard InChI is InChI=1S/C14H14N2O4S/c15-7-8-1-2-10(20-8)13(17)16-5-3-11-9(4-6-21-11)12(16)14(18)19/h1-2,4,6,12H,3,5,7,15H2,(H,18,19). The smallest absolute Gasteiger partial charge is 0.331 e. The fraction of sp³-hybridized carbons (Fsp3) is 0.286. The lowest BCUT2D eigenvalue weighted by Gasteiger charge is -2.32. The Morgan fingerprint density at radius 1 is 1.43 bits per heavy atom. The molecule has 7 heteroatoms. The number of nitrogens with zero attached hydrogens (tertiary/aromatic N) is 1. The molecule has 0 saturated carbocycles. The van der Waals surface area contributed by atoms with E-state index in [4.69, 9.17) is 10.2 Å². The van der Waals surface area contributed by atoms with Gasteiger partial charge in [0.25, 0.3) is 5.91 Å². The third kappa shape index (κ3) is 2.34. The van der Waals surface area contributed by atoms with Gasteiger partial charge in [-0.3, -0.25) is 4.79 Å². The van der Waals surface area contributed by atoms with Crippen molar-refractivity contribution in [2.24, 2.45) is 5.73 Å². The lowest BCUT2D eigenvalue weighted by molar-refractivity contribution is -0.143. The summed E-state index contributed by atoms with van der Waals surface area (Å²) in [5, 5.41) is 11.3. The number of aliphatic carboxylic acids is 1. The number of amides is 1. The third-order valence-electron chi connectivity index (χ3n) is 3.53. The van der Waals surface area contributed by atoms with Crippen LogP contribution in [0.15, 0.2) is 28.0 Å². The van der Waals surface area contributed by atoms with Crippen molar-refractivity contribution >= 4 is 23.2 Å². The number of fused-ring (bicyclic) bond motifs is 1. The molecule has 0 radical (unpaired) electrons. The van der Waals surface area contributed by atoms with Crippen molar-refractivity contribution in [2.45, 2.75) is 19.0 Å². The van der Waals surface area contributed by atoms with Gasteiger partial charge < -0.3 is 20.2 Å². The van der Waals surface area contributed by atoms with E-state index in [2.05, 4.69) is 0 Å². The highest BCUT2D eigenvalue weighted by Crippen LogP contribution is 2.34. The molecule has 2 aromatic heterocycles. The number of carboxylic acid groups (broad SMARTS) is 1. The zero-order valence-corrected chi connectivity index (χ0v) is 11.9. The van der Waals surface area contributed by atoms with E-state index in [9.17, 15) is 14.7 Å². The first-order valence-electron chi connectivity index (χ1n) is 6.50. The van der Waals surface area contributed by atoms with Gasteiger partial charge in [0.05, 0.1) is 6.54 Å². The van der Waals surface area contributed by atoms with E-state index >= 15 is 0 Å². The number of nitrogens with two attached hydrogens (primary N) is 1. The number of thiophene rings is 1. The molecule has 1 aliphatic rings. The van der Waals surface area contributed by atoms with Gasteiger partial charge in [-0.1, -0.05) is 0 Å². The topological polar surface area (TPSA) is 96.8 Å². The molecule has 0 bridgehead atoms. The van der Waals surface area contributed by atoms with Gasteiger partial charge in [0.2, 0.25) is 0 Å². The number of hydrogen-bond acceptors (Lipinski definition) is 5. The first-order chi connectivity index (χ1) is 10.1. The fourth-order valence-corrected chi connectivity index (χ4v) is 3.45. The van der Waals surface area contributed by atoms with Crippen LogP contribution in [0.4, 0.5) is 0 Å². The summed E-state index contributed by atoms with van der Waals surface area (Å²) in [6.07, 6.45) is 0.660. The second-order valence-electron chi connectivity index (χ2n) is 4.76. The molecular weight excluding hydrogens is 292 g/mol. The maximum atomic E-state index is 12.5. The van der Waals surface area contributed by atoms with Gasteiger partial charge in [0.15, 0.2) is 11.8 Å². The summed E-state index contributed by atoms with van der Waals surface area (Å²) in [7, 11) is 0. The maximum Gasteiger partial charge on any atom is 0.331 e. The molecule has 21 heavy (non-hydrogen) atoms.